The zero-order valence-electron chi connectivity index (χ0n) is 8.23. The Hall–Kier alpha value is -1.71. The maximum atomic E-state index is 10.9. The Morgan fingerprint density at radius 3 is 2.36 bits per heavy atom. The summed E-state index contributed by atoms with van der Waals surface area (Å²) in [7, 11) is 0. The minimum atomic E-state index is -0.347. The molecule has 1 aromatic rings. The molecule has 0 aliphatic rings. The molecular formula is C10H12N2O2. The molecule has 0 radical (unpaired) electrons. The van der Waals surface area contributed by atoms with Gasteiger partial charge in [-0.15, -0.1) is 4.91 Å². The second-order valence-electron chi connectivity index (χ2n) is 3.14. The third kappa shape index (κ3) is 2.65. The van der Waals surface area contributed by atoms with Crippen molar-refractivity contribution in [3.63, 3.8) is 0 Å². The maximum absolute atomic E-state index is 10.9. The topological polar surface area (TPSA) is 49.7 Å². The first-order valence-electron chi connectivity index (χ1n) is 4.30. The number of carbonyl (C=O) groups is 1. The molecule has 14 heavy (non-hydrogen) atoms. The number of nitroso groups, excluding NO2 is 1. The average Bonchev–Trinajstić information content (AvgIpc) is 2.16. The Morgan fingerprint density at radius 1 is 1.36 bits per heavy atom. The summed E-state index contributed by atoms with van der Waals surface area (Å²) >= 11 is 0. The van der Waals surface area contributed by atoms with E-state index >= 15 is 0 Å². The number of hydrogen-bond acceptors (Lipinski definition) is 3. The van der Waals surface area contributed by atoms with E-state index in [0.29, 0.717) is 0 Å². The van der Waals surface area contributed by atoms with Gasteiger partial charge in [-0.1, -0.05) is 29.8 Å². The Labute approximate surface area is 82.5 Å². The van der Waals surface area contributed by atoms with Gasteiger partial charge in [-0.25, -0.2) is 0 Å². The third-order valence-electron chi connectivity index (χ3n) is 1.91. The molecule has 0 fully saturated rings. The molecule has 1 aromatic carbocycles. The number of rotatable bonds is 3. The Balaban J connectivity index is 2.72. The molecule has 0 saturated heterocycles. The highest BCUT2D eigenvalue weighted by molar-refractivity contribution is 5.72. The average molecular weight is 192 g/mol. The van der Waals surface area contributed by atoms with Gasteiger partial charge in [0.05, 0.1) is 11.8 Å². The van der Waals surface area contributed by atoms with Crippen LogP contribution in [0.25, 0.3) is 0 Å². The first-order chi connectivity index (χ1) is 6.63. The normalized spacial score (nSPS) is 9.57. The number of aryl methyl sites for hydroxylation is 1. The zero-order valence-corrected chi connectivity index (χ0v) is 8.23. The van der Waals surface area contributed by atoms with E-state index < -0.39 is 0 Å². The lowest BCUT2D eigenvalue weighted by Gasteiger charge is -2.10. The monoisotopic (exact) mass is 192 g/mol. The van der Waals surface area contributed by atoms with Crippen LogP contribution in [-0.2, 0) is 11.3 Å². The van der Waals surface area contributed by atoms with Crippen LogP contribution in [0, 0.1) is 11.8 Å². The molecule has 4 heteroatoms. The highest BCUT2D eigenvalue weighted by Crippen LogP contribution is 2.07. The summed E-state index contributed by atoms with van der Waals surface area (Å²) in [6.07, 6.45) is 0. The van der Waals surface area contributed by atoms with Crippen molar-refractivity contribution in [3.8, 4) is 0 Å². The summed E-state index contributed by atoms with van der Waals surface area (Å²) in [4.78, 5) is 21.2. The predicted octanol–water partition coefficient (Wildman–Crippen LogP) is 2.02. The van der Waals surface area contributed by atoms with Gasteiger partial charge in [0.15, 0.2) is 0 Å². The number of hydrogen-bond donors (Lipinski definition) is 0. The number of benzene rings is 1. The van der Waals surface area contributed by atoms with Gasteiger partial charge in [-0.05, 0) is 12.5 Å². The molecule has 0 unspecified atom stereocenters. The number of carbonyl (C=O) groups excluding carboxylic acids is 1. The van der Waals surface area contributed by atoms with E-state index in [2.05, 4.69) is 5.29 Å². The van der Waals surface area contributed by atoms with Gasteiger partial charge < -0.3 is 0 Å². The quantitative estimate of drug-likeness (QED) is 0.543. The van der Waals surface area contributed by atoms with Crippen LogP contribution in [-0.4, -0.2) is 10.9 Å². The predicted molar refractivity (Wildman–Crippen MR) is 53.2 cm³/mol. The van der Waals surface area contributed by atoms with Crippen molar-refractivity contribution in [1.82, 2.24) is 5.01 Å². The summed E-state index contributed by atoms with van der Waals surface area (Å²) in [5.74, 6) is -0.347. The van der Waals surface area contributed by atoms with Crippen molar-refractivity contribution in [2.75, 3.05) is 0 Å². The minimum Gasteiger partial charge on any atom is -0.273 e. The molecule has 0 heterocycles. The Kier molecular flexibility index (Phi) is 3.34. The summed E-state index contributed by atoms with van der Waals surface area (Å²) in [6, 6.07) is 7.60. The van der Waals surface area contributed by atoms with Gasteiger partial charge in [-0.3, -0.25) is 4.79 Å². The fraction of sp³-hybridized carbons (Fsp3) is 0.300. The van der Waals surface area contributed by atoms with Crippen molar-refractivity contribution in [3.05, 3.63) is 40.3 Å². The van der Waals surface area contributed by atoms with Crippen molar-refractivity contribution < 1.29 is 4.79 Å². The Morgan fingerprint density at radius 2 is 1.93 bits per heavy atom. The van der Waals surface area contributed by atoms with Crippen molar-refractivity contribution in [1.29, 1.82) is 0 Å². The van der Waals surface area contributed by atoms with E-state index in [4.69, 9.17) is 0 Å². The van der Waals surface area contributed by atoms with Gasteiger partial charge >= 0.3 is 0 Å². The van der Waals surface area contributed by atoms with Crippen molar-refractivity contribution >= 4 is 5.91 Å². The first-order valence-corrected chi connectivity index (χ1v) is 4.30. The highest BCUT2D eigenvalue weighted by atomic mass is 16.3. The molecular weight excluding hydrogens is 180 g/mol. The maximum Gasteiger partial charge on any atom is 0.242 e. The molecule has 1 rings (SSSR count). The largest absolute Gasteiger partial charge is 0.273 e. The number of nitrogens with zero attached hydrogens (tertiary/aromatic N) is 2. The highest BCUT2D eigenvalue weighted by Gasteiger charge is 2.08. The molecule has 0 atom stereocenters. The first kappa shape index (κ1) is 10.4. The minimum absolute atomic E-state index is 0.235. The van der Waals surface area contributed by atoms with Crippen molar-refractivity contribution in [2.45, 2.75) is 20.4 Å². The summed E-state index contributed by atoms with van der Waals surface area (Å²) in [5, 5.41) is 3.53. The summed E-state index contributed by atoms with van der Waals surface area (Å²) in [5.41, 5.74) is 2.03. The molecule has 0 aromatic heterocycles. The Bertz CT molecular complexity index is 332. The van der Waals surface area contributed by atoms with Gasteiger partial charge in [-0.2, -0.15) is 5.01 Å². The molecule has 4 nitrogen and oxygen atoms in total. The lowest BCUT2D eigenvalue weighted by Crippen LogP contribution is -2.21. The molecule has 0 N–H and O–H groups in total. The fourth-order valence-electron chi connectivity index (χ4n) is 1.06. The van der Waals surface area contributed by atoms with E-state index in [1.807, 2.05) is 31.2 Å². The van der Waals surface area contributed by atoms with E-state index in [1.54, 1.807) is 0 Å². The van der Waals surface area contributed by atoms with Crippen LogP contribution >= 0.6 is 0 Å². The van der Waals surface area contributed by atoms with Crippen LogP contribution in [0.4, 0.5) is 0 Å². The van der Waals surface area contributed by atoms with Crippen LogP contribution in [0.3, 0.4) is 0 Å². The van der Waals surface area contributed by atoms with Crippen LogP contribution in [0.1, 0.15) is 18.1 Å². The van der Waals surface area contributed by atoms with Gasteiger partial charge in [0.2, 0.25) is 5.91 Å². The fourth-order valence-corrected chi connectivity index (χ4v) is 1.06. The molecule has 0 aliphatic carbocycles. The SMILES string of the molecule is CC(=O)N(Cc1ccc(C)cc1)N=O. The summed E-state index contributed by atoms with van der Waals surface area (Å²) in [6.45, 7) is 3.53. The lowest BCUT2D eigenvalue weighted by molar-refractivity contribution is -0.129. The zero-order chi connectivity index (χ0) is 10.6. The molecule has 0 spiro atoms. The van der Waals surface area contributed by atoms with Crippen LogP contribution in [0.15, 0.2) is 29.6 Å². The van der Waals surface area contributed by atoms with E-state index in [0.717, 1.165) is 16.1 Å². The molecule has 0 saturated carbocycles. The number of amides is 1. The van der Waals surface area contributed by atoms with E-state index in [9.17, 15) is 9.70 Å². The smallest absolute Gasteiger partial charge is 0.242 e. The van der Waals surface area contributed by atoms with Crippen LogP contribution < -0.4 is 0 Å². The second kappa shape index (κ2) is 4.50. The van der Waals surface area contributed by atoms with E-state index in [-0.39, 0.29) is 12.5 Å². The second-order valence-corrected chi connectivity index (χ2v) is 3.14. The van der Waals surface area contributed by atoms with Crippen LogP contribution in [0.2, 0.25) is 0 Å². The van der Waals surface area contributed by atoms with Gasteiger partial charge in [0.1, 0.15) is 0 Å². The molecule has 0 aliphatic heterocycles. The third-order valence-corrected chi connectivity index (χ3v) is 1.91. The lowest BCUT2D eigenvalue weighted by atomic mass is 10.1. The standard InChI is InChI=1S/C10H12N2O2/c1-8-3-5-10(6-4-8)7-12(11-14)9(2)13/h3-6H,7H2,1-2H3. The van der Waals surface area contributed by atoms with Crippen molar-refractivity contribution in [2.24, 2.45) is 5.29 Å². The van der Waals surface area contributed by atoms with Crippen LogP contribution in [0.5, 0.6) is 0 Å². The summed E-state index contributed by atoms with van der Waals surface area (Å²) < 4.78 is 0. The van der Waals surface area contributed by atoms with Gasteiger partial charge in [0, 0.05) is 6.92 Å². The molecule has 74 valence electrons. The molecule has 1 amide bonds. The molecule has 0 bridgehead atoms. The van der Waals surface area contributed by atoms with E-state index in [1.165, 1.54) is 6.92 Å². The van der Waals surface area contributed by atoms with Gasteiger partial charge in [0.25, 0.3) is 0 Å².